The summed E-state index contributed by atoms with van der Waals surface area (Å²) < 4.78 is 0. The van der Waals surface area contributed by atoms with E-state index in [1.54, 1.807) is 24.1 Å². The molecule has 0 aliphatic carbocycles. The van der Waals surface area contributed by atoms with E-state index in [-0.39, 0.29) is 12.3 Å². The maximum atomic E-state index is 11.9. The topological polar surface area (TPSA) is 60.9 Å². The molecule has 6 heteroatoms. The van der Waals surface area contributed by atoms with Gasteiger partial charge < -0.3 is 14.9 Å². The van der Waals surface area contributed by atoms with E-state index in [1.165, 1.54) is 0 Å². The van der Waals surface area contributed by atoms with Gasteiger partial charge in [0, 0.05) is 31.6 Å². The summed E-state index contributed by atoms with van der Waals surface area (Å²) in [5, 5.41) is 9.34. The lowest BCUT2D eigenvalue weighted by Gasteiger charge is -2.24. The first-order valence-corrected chi connectivity index (χ1v) is 6.39. The molecule has 0 spiro atoms. The van der Waals surface area contributed by atoms with Crippen molar-refractivity contribution in [1.82, 2.24) is 0 Å². The fourth-order valence-electron chi connectivity index (χ4n) is 2.15. The average Bonchev–Trinajstić information content (AvgIpc) is 2.47. The van der Waals surface area contributed by atoms with Crippen LogP contribution in [0.3, 0.4) is 0 Å². The van der Waals surface area contributed by atoms with Crippen molar-refractivity contribution in [2.24, 2.45) is 0 Å². The van der Waals surface area contributed by atoms with E-state index in [4.69, 9.17) is 16.7 Å². The first kappa shape index (κ1) is 13.7. The van der Waals surface area contributed by atoms with Crippen molar-refractivity contribution in [2.45, 2.75) is 12.8 Å². The highest BCUT2D eigenvalue weighted by atomic mass is 35.5. The minimum absolute atomic E-state index is 0.00124. The highest BCUT2D eigenvalue weighted by Gasteiger charge is 2.24. The maximum Gasteiger partial charge on any atom is 0.305 e. The van der Waals surface area contributed by atoms with Crippen LogP contribution in [0.1, 0.15) is 12.8 Å². The second kappa shape index (κ2) is 5.48. The monoisotopic (exact) mass is 282 g/mol. The third-order valence-electron chi connectivity index (χ3n) is 3.20. The molecule has 1 aromatic rings. The Morgan fingerprint density at radius 2 is 2.16 bits per heavy atom. The zero-order valence-corrected chi connectivity index (χ0v) is 11.4. The number of anilines is 2. The van der Waals surface area contributed by atoms with Crippen molar-refractivity contribution in [3.8, 4) is 0 Å². The quantitative estimate of drug-likeness (QED) is 0.921. The molecule has 1 N–H and O–H groups in total. The largest absolute Gasteiger partial charge is 0.481 e. The number of fused-ring (bicyclic) bond motifs is 1. The number of rotatable bonds is 3. The van der Waals surface area contributed by atoms with Gasteiger partial charge in [0.1, 0.15) is 0 Å². The second-order valence-electron chi connectivity index (χ2n) is 4.47. The van der Waals surface area contributed by atoms with E-state index in [0.29, 0.717) is 24.5 Å². The molecular weight excluding hydrogens is 268 g/mol. The van der Waals surface area contributed by atoms with Crippen LogP contribution in [0.15, 0.2) is 18.2 Å². The summed E-state index contributed by atoms with van der Waals surface area (Å²) in [6.07, 6.45) is 0.405. The molecule has 0 bridgehead atoms. The van der Waals surface area contributed by atoms with Gasteiger partial charge in [-0.05, 0) is 18.2 Å². The van der Waals surface area contributed by atoms with Crippen LogP contribution in [0.4, 0.5) is 11.4 Å². The Morgan fingerprint density at radius 1 is 1.42 bits per heavy atom. The van der Waals surface area contributed by atoms with E-state index in [9.17, 15) is 9.59 Å². The van der Waals surface area contributed by atoms with Crippen LogP contribution in [-0.2, 0) is 9.59 Å². The van der Waals surface area contributed by atoms with Crippen molar-refractivity contribution in [3.05, 3.63) is 23.2 Å². The number of nitrogens with zero attached hydrogens (tertiary/aromatic N) is 2. The van der Waals surface area contributed by atoms with Crippen LogP contribution in [0.2, 0.25) is 5.02 Å². The van der Waals surface area contributed by atoms with E-state index >= 15 is 0 Å². The molecule has 0 saturated heterocycles. The van der Waals surface area contributed by atoms with Crippen LogP contribution >= 0.6 is 11.6 Å². The molecule has 1 amide bonds. The van der Waals surface area contributed by atoms with Gasteiger partial charge in [0.05, 0.1) is 17.8 Å². The number of carboxylic acids is 1. The molecule has 0 atom stereocenters. The van der Waals surface area contributed by atoms with Gasteiger partial charge in [-0.25, -0.2) is 0 Å². The molecule has 0 saturated carbocycles. The predicted octanol–water partition coefficient (Wildman–Crippen LogP) is 1.99. The van der Waals surface area contributed by atoms with E-state index < -0.39 is 5.97 Å². The average molecular weight is 283 g/mol. The maximum absolute atomic E-state index is 11.9. The number of benzene rings is 1. The first-order chi connectivity index (χ1) is 8.99. The number of hydrogen-bond donors (Lipinski definition) is 1. The van der Waals surface area contributed by atoms with Gasteiger partial charge in [-0.3, -0.25) is 9.59 Å². The van der Waals surface area contributed by atoms with Crippen molar-refractivity contribution >= 4 is 34.9 Å². The van der Waals surface area contributed by atoms with Gasteiger partial charge >= 0.3 is 5.97 Å². The van der Waals surface area contributed by atoms with Gasteiger partial charge in [0.15, 0.2) is 0 Å². The fraction of sp³-hybridized carbons (Fsp3) is 0.385. The molecule has 1 aromatic carbocycles. The number of hydrogen-bond acceptors (Lipinski definition) is 3. The Bertz CT molecular complexity index is 519. The fourth-order valence-corrected chi connectivity index (χ4v) is 2.31. The summed E-state index contributed by atoms with van der Waals surface area (Å²) in [6, 6.07) is 5.31. The smallest absolute Gasteiger partial charge is 0.305 e. The standard InChI is InChI=1S/C13H15ClN2O3/c1-15-11-8-9(14)2-3-10(11)16(6-4-12(15)17)7-5-13(18)19/h2-3,8H,4-7H2,1H3,(H,18,19). The van der Waals surface area contributed by atoms with E-state index in [1.807, 2.05) is 11.0 Å². The van der Waals surface area contributed by atoms with E-state index in [0.717, 1.165) is 11.4 Å². The van der Waals surface area contributed by atoms with Crippen LogP contribution in [-0.4, -0.2) is 37.1 Å². The van der Waals surface area contributed by atoms with Crippen LogP contribution < -0.4 is 9.80 Å². The normalized spacial score (nSPS) is 15.2. The molecule has 5 nitrogen and oxygen atoms in total. The van der Waals surface area contributed by atoms with Crippen LogP contribution in [0, 0.1) is 0 Å². The zero-order valence-electron chi connectivity index (χ0n) is 10.6. The molecule has 102 valence electrons. The Labute approximate surface area is 116 Å². The third-order valence-corrected chi connectivity index (χ3v) is 3.44. The molecule has 0 fully saturated rings. The van der Waals surface area contributed by atoms with Crippen LogP contribution in [0.25, 0.3) is 0 Å². The molecule has 1 heterocycles. The van der Waals surface area contributed by atoms with Gasteiger partial charge in [-0.1, -0.05) is 11.6 Å². The number of aliphatic carboxylic acids is 1. The zero-order chi connectivity index (χ0) is 14.0. The van der Waals surface area contributed by atoms with Gasteiger partial charge in [0.25, 0.3) is 0 Å². The predicted molar refractivity (Wildman–Crippen MR) is 73.9 cm³/mol. The number of amides is 1. The summed E-state index contributed by atoms with van der Waals surface area (Å²) in [4.78, 5) is 26.1. The van der Waals surface area contributed by atoms with Crippen molar-refractivity contribution in [1.29, 1.82) is 0 Å². The Kier molecular flexibility index (Phi) is 3.95. The molecule has 0 aromatic heterocycles. The minimum atomic E-state index is -0.848. The first-order valence-electron chi connectivity index (χ1n) is 6.02. The summed E-state index contributed by atoms with van der Waals surface area (Å²) in [7, 11) is 1.71. The Morgan fingerprint density at radius 3 is 2.84 bits per heavy atom. The highest BCUT2D eigenvalue weighted by Crippen LogP contribution is 2.34. The van der Waals surface area contributed by atoms with Gasteiger partial charge in [-0.15, -0.1) is 0 Å². The third kappa shape index (κ3) is 2.98. The molecule has 1 aliphatic heterocycles. The molecule has 0 radical (unpaired) electrons. The van der Waals surface area contributed by atoms with Gasteiger partial charge in [0.2, 0.25) is 5.91 Å². The van der Waals surface area contributed by atoms with Gasteiger partial charge in [-0.2, -0.15) is 0 Å². The molecule has 0 unspecified atom stereocenters. The number of carboxylic acid groups (broad SMARTS) is 1. The lowest BCUT2D eigenvalue weighted by molar-refractivity contribution is -0.136. The summed E-state index contributed by atoms with van der Waals surface area (Å²) >= 11 is 5.97. The summed E-state index contributed by atoms with van der Waals surface area (Å²) in [5.74, 6) is -0.846. The lowest BCUT2D eigenvalue weighted by atomic mass is 10.2. The summed E-state index contributed by atoms with van der Waals surface area (Å²) in [5.41, 5.74) is 1.57. The minimum Gasteiger partial charge on any atom is -0.481 e. The Hall–Kier alpha value is -1.75. The SMILES string of the molecule is CN1C(=O)CCN(CCC(=O)O)c2ccc(Cl)cc21. The second-order valence-corrected chi connectivity index (χ2v) is 4.90. The van der Waals surface area contributed by atoms with Crippen molar-refractivity contribution in [2.75, 3.05) is 29.9 Å². The molecule has 1 aliphatic rings. The highest BCUT2D eigenvalue weighted by molar-refractivity contribution is 6.31. The molecule has 19 heavy (non-hydrogen) atoms. The molecular formula is C13H15ClN2O3. The number of halogens is 1. The van der Waals surface area contributed by atoms with E-state index in [2.05, 4.69) is 0 Å². The van der Waals surface area contributed by atoms with Crippen LogP contribution in [0.5, 0.6) is 0 Å². The Balaban J connectivity index is 2.35. The summed E-state index contributed by atoms with van der Waals surface area (Å²) in [6.45, 7) is 0.899. The number of carbonyl (C=O) groups excluding carboxylic acids is 1. The van der Waals surface area contributed by atoms with Crippen molar-refractivity contribution < 1.29 is 14.7 Å². The van der Waals surface area contributed by atoms with Crippen molar-refractivity contribution in [3.63, 3.8) is 0 Å². The number of carbonyl (C=O) groups is 2. The lowest BCUT2D eigenvalue weighted by Crippen LogP contribution is -2.27. The molecule has 2 rings (SSSR count).